The number of pyridine rings is 1. The zero-order valence-corrected chi connectivity index (χ0v) is 33.4. The number of hydrogen-bond donors (Lipinski definition) is 0. The smallest absolute Gasteiger partial charge is 0.509 e. The van der Waals surface area contributed by atoms with Crippen molar-refractivity contribution in [2.24, 2.45) is 5.41 Å². The van der Waals surface area contributed by atoms with Crippen molar-refractivity contribution in [3.63, 3.8) is 0 Å². The van der Waals surface area contributed by atoms with Crippen LogP contribution in [-0.4, -0.2) is 19.3 Å². The molecule has 0 amide bonds. The van der Waals surface area contributed by atoms with Crippen LogP contribution in [0.25, 0.3) is 44.4 Å². The molecule has 0 unspecified atom stereocenters. The standard InChI is InChI=1S/C45H46N4O.Pt/c1-10-45(8,9)34-16-19-40-39(25-34)38-18-17-36(27-41(38)48(40)42-22-29(2)20-21-46-42)50-37-24-32(28-44(5,6)7)23-35(26-37)49-31(4)43(30(3)47-49)33-14-12-11-13-15-33;/h11-25H,10,28H2,1-9H3;/q-2;+2. The third-order valence-electron chi connectivity index (χ3n) is 9.87. The fourth-order valence-electron chi connectivity index (χ4n) is 6.98. The monoisotopic (exact) mass is 853 g/mol. The first-order valence-corrected chi connectivity index (χ1v) is 17.6. The van der Waals surface area contributed by atoms with Crippen molar-refractivity contribution in [2.75, 3.05) is 0 Å². The van der Waals surface area contributed by atoms with Gasteiger partial charge in [0.2, 0.25) is 0 Å². The van der Waals surface area contributed by atoms with E-state index in [1.165, 1.54) is 16.5 Å². The molecule has 5 nitrogen and oxygen atoms in total. The SMILES string of the molecule is CCC(C)(C)c1ccc2c(c1)c1ccc(Oc3[c-]c(-n4nc(C)c(-c5ccccc5)c4C)cc(CC(C)(C)C)c3)[c-]c1n2-c1cc(C)ccn1.[Pt+2]. The van der Waals surface area contributed by atoms with Crippen LogP contribution in [0.5, 0.6) is 11.5 Å². The van der Waals surface area contributed by atoms with E-state index in [0.29, 0.717) is 11.5 Å². The maximum atomic E-state index is 6.69. The molecule has 0 atom stereocenters. The minimum atomic E-state index is 0. The van der Waals surface area contributed by atoms with Gasteiger partial charge in [-0.15, -0.1) is 35.7 Å². The second-order valence-corrected chi connectivity index (χ2v) is 15.5. The molecule has 7 rings (SSSR count). The van der Waals surface area contributed by atoms with Gasteiger partial charge in [0.05, 0.1) is 5.69 Å². The van der Waals surface area contributed by atoms with Crippen molar-refractivity contribution < 1.29 is 25.8 Å². The Morgan fingerprint density at radius 3 is 2.25 bits per heavy atom. The van der Waals surface area contributed by atoms with E-state index in [2.05, 4.69) is 146 Å². The largest absolute Gasteiger partial charge is 2.00 e. The van der Waals surface area contributed by atoms with E-state index in [1.54, 1.807) is 0 Å². The summed E-state index contributed by atoms with van der Waals surface area (Å²) in [6, 6.07) is 37.1. The molecule has 0 radical (unpaired) electrons. The van der Waals surface area contributed by atoms with E-state index in [9.17, 15) is 0 Å². The average molecular weight is 854 g/mol. The van der Waals surface area contributed by atoms with Crippen LogP contribution in [0.4, 0.5) is 0 Å². The number of rotatable bonds is 8. The molecule has 3 aromatic heterocycles. The van der Waals surface area contributed by atoms with Gasteiger partial charge >= 0.3 is 21.1 Å². The Kier molecular flexibility index (Phi) is 9.91. The molecule has 0 saturated carbocycles. The molecule has 4 aromatic carbocycles. The quantitative estimate of drug-likeness (QED) is 0.143. The molecule has 0 aliphatic carbocycles. The number of hydrogen-bond acceptors (Lipinski definition) is 3. The van der Waals surface area contributed by atoms with Gasteiger partial charge in [0.25, 0.3) is 0 Å². The summed E-state index contributed by atoms with van der Waals surface area (Å²) in [5, 5.41) is 7.30. The first-order chi connectivity index (χ1) is 23.8. The summed E-state index contributed by atoms with van der Waals surface area (Å²) in [7, 11) is 0. The summed E-state index contributed by atoms with van der Waals surface area (Å²) in [5.74, 6) is 2.12. The van der Waals surface area contributed by atoms with Crippen molar-refractivity contribution in [2.45, 2.75) is 80.6 Å². The van der Waals surface area contributed by atoms with E-state index in [4.69, 9.17) is 14.8 Å². The number of aromatic nitrogens is 4. The van der Waals surface area contributed by atoms with Crippen molar-refractivity contribution >= 4 is 21.8 Å². The van der Waals surface area contributed by atoms with Gasteiger partial charge in [-0.05, 0) is 90.4 Å². The first kappa shape index (κ1) is 36.3. The van der Waals surface area contributed by atoms with E-state index in [0.717, 1.165) is 68.8 Å². The van der Waals surface area contributed by atoms with Crippen molar-refractivity contribution in [3.05, 3.63) is 131 Å². The summed E-state index contributed by atoms with van der Waals surface area (Å²) >= 11 is 0. The predicted octanol–water partition coefficient (Wildman–Crippen LogP) is 11.6. The van der Waals surface area contributed by atoms with Gasteiger partial charge in [-0.25, -0.2) is 4.98 Å². The van der Waals surface area contributed by atoms with Crippen LogP contribution < -0.4 is 4.74 Å². The van der Waals surface area contributed by atoms with Gasteiger partial charge in [-0.1, -0.05) is 89.5 Å². The molecular formula is C45H46N4OPt. The molecule has 0 aliphatic rings. The van der Waals surface area contributed by atoms with Gasteiger partial charge in [0.15, 0.2) is 0 Å². The molecule has 0 aliphatic heterocycles. The van der Waals surface area contributed by atoms with Crippen LogP contribution in [-0.2, 0) is 32.9 Å². The average Bonchev–Trinajstić information content (AvgIpc) is 3.56. The van der Waals surface area contributed by atoms with Crippen LogP contribution in [0.3, 0.4) is 0 Å². The fourth-order valence-corrected chi connectivity index (χ4v) is 6.98. The molecule has 0 fully saturated rings. The van der Waals surface area contributed by atoms with Gasteiger partial charge in [-0.3, -0.25) is 4.68 Å². The van der Waals surface area contributed by atoms with E-state index in [-0.39, 0.29) is 31.9 Å². The molecule has 51 heavy (non-hydrogen) atoms. The van der Waals surface area contributed by atoms with E-state index in [1.807, 2.05) is 29.1 Å². The second kappa shape index (κ2) is 13.9. The third kappa shape index (κ3) is 7.19. The molecule has 6 heteroatoms. The first-order valence-electron chi connectivity index (χ1n) is 17.6. The molecule has 0 bridgehead atoms. The Labute approximate surface area is 317 Å². The Bertz CT molecular complexity index is 2360. The molecule has 0 spiro atoms. The summed E-state index contributed by atoms with van der Waals surface area (Å²) in [5.41, 5.74) is 11.0. The minimum absolute atomic E-state index is 0. The third-order valence-corrected chi connectivity index (χ3v) is 9.87. The van der Waals surface area contributed by atoms with Gasteiger partial charge in [-0.2, -0.15) is 16.7 Å². The summed E-state index contributed by atoms with van der Waals surface area (Å²) < 4.78 is 10.9. The second-order valence-electron chi connectivity index (χ2n) is 15.5. The number of aryl methyl sites for hydroxylation is 2. The van der Waals surface area contributed by atoms with Crippen LogP contribution >= 0.6 is 0 Å². The minimum Gasteiger partial charge on any atom is -0.509 e. The zero-order chi connectivity index (χ0) is 35.4. The zero-order valence-electron chi connectivity index (χ0n) is 31.1. The molecule has 7 aromatic rings. The Hall–Kier alpha value is -4.47. The Morgan fingerprint density at radius 2 is 1.55 bits per heavy atom. The van der Waals surface area contributed by atoms with Crippen LogP contribution in [0, 0.1) is 38.3 Å². The van der Waals surface area contributed by atoms with Crippen molar-refractivity contribution in [3.8, 4) is 34.1 Å². The van der Waals surface area contributed by atoms with E-state index < -0.39 is 0 Å². The van der Waals surface area contributed by atoms with Crippen LogP contribution in [0.15, 0.2) is 91.1 Å². The van der Waals surface area contributed by atoms with Crippen molar-refractivity contribution in [1.29, 1.82) is 0 Å². The number of benzene rings is 4. The van der Waals surface area contributed by atoms with Crippen LogP contribution in [0.1, 0.15) is 76.0 Å². The summed E-state index contributed by atoms with van der Waals surface area (Å²) in [6.45, 7) is 19.9. The van der Waals surface area contributed by atoms with Gasteiger partial charge in [0.1, 0.15) is 5.82 Å². The van der Waals surface area contributed by atoms with Crippen molar-refractivity contribution in [1.82, 2.24) is 19.3 Å². The normalized spacial score (nSPS) is 12.0. The Morgan fingerprint density at radius 1 is 0.784 bits per heavy atom. The Balaban J connectivity index is 0.00000448. The van der Waals surface area contributed by atoms with E-state index >= 15 is 0 Å². The van der Waals surface area contributed by atoms with Crippen LogP contribution in [0.2, 0.25) is 0 Å². The van der Waals surface area contributed by atoms with Gasteiger partial charge < -0.3 is 9.30 Å². The molecular weight excluding hydrogens is 808 g/mol. The summed E-state index contributed by atoms with van der Waals surface area (Å²) in [4.78, 5) is 4.80. The topological polar surface area (TPSA) is 44.9 Å². The molecule has 0 N–H and O–H groups in total. The summed E-state index contributed by atoms with van der Waals surface area (Å²) in [6.07, 6.45) is 3.80. The fraction of sp³-hybridized carbons (Fsp3) is 0.289. The molecule has 3 heterocycles. The molecule has 262 valence electrons. The maximum absolute atomic E-state index is 6.69. The number of ether oxygens (including phenoxy) is 1. The predicted molar refractivity (Wildman–Crippen MR) is 206 cm³/mol. The molecule has 0 saturated heterocycles. The number of nitrogens with zero attached hydrogens (tertiary/aromatic N) is 4. The number of fused-ring (bicyclic) bond motifs is 3. The van der Waals surface area contributed by atoms with Gasteiger partial charge in [0, 0.05) is 34.5 Å². The maximum Gasteiger partial charge on any atom is 2.00 e.